The Kier molecular flexibility index (Phi) is 6.77. The van der Waals surface area contributed by atoms with Crippen molar-refractivity contribution in [1.82, 2.24) is 5.32 Å². The third-order valence-electron chi connectivity index (χ3n) is 5.98. The van der Waals surface area contributed by atoms with Gasteiger partial charge in [0.1, 0.15) is 0 Å². The van der Waals surface area contributed by atoms with Gasteiger partial charge in [-0.1, -0.05) is 53.2 Å². The van der Waals surface area contributed by atoms with E-state index in [2.05, 4.69) is 58.6 Å². The molecular formula is C24H39N. The Hall–Kier alpha value is -1.24. The summed E-state index contributed by atoms with van der Waals surface area (Å²) in [5.74, 6) is 1.58. The Morgan fingerprint density at radius 3 is 2.48 bits per heavy atom. The molecular weight excluding hydrogens is 302 g/mol. The first kappa shape index (κ1) is 20.1. The minimum absolute atomic E-state index is 0.463. The molecule has 0 bridgehead atoms. The largest absolute Gasteiger partial charge is 0.388 e. The van der Waals surface area contributed by atoms with Gasteiger partial charge in [-0.3, -0.25) is 0 Å². The fraction of sp³-hybridized carbons (Fsp3) is 0.667. The molecule has 1 aliphatic carbocycles. The maximum atomic E-state index is 4.19. The van der Waals surface area contributed by atoms with Gasteiger partial charge in [0.15, 0.2) is 0 Å². The summed E-state index contributed by atoms with van der Waals surface area (Å²) in [6.07, 6.45) is 9.20. The SMILES string of the molecule is C=C(NC)c1cc(C2CC2)c(CC(CC)CC(C)(C)CCC)cc1C. The molecule has 25 heavy (non-hydrogen) atoms. The molecule has 0 heterocycles. The highest BCUT2D eigenvalue weighted by Gasteiger charge is 2.29. The van der Waals surface area contributed by atoms with Crippen molar-refractivity contribution in [3.63, 3.8) is 0 Å². The van der Waals surface area contributed by atoms with E-state index in [9.17, 15) is 0 Å². The zero-order valence-electron chi connectivity index (χ0n) is 17.5. The lowest BCUT2D eigenvalue weighted by atomic mass is 9.76. The van der Waals surface area contributed by atoms with E-state index in [4.69, 9.17) is 0 Å². The molecule has 1 unspecified atom stereocenters. The lowest BCUT2D eigenvalue weighted by Gasteiger charge is -2.30. The minimum atomic E-state index is 0.463. The average molecular weight is 342 g/mol. The summed E-state index contributed by atoms with van der Waals surface area (Å²) in [7, 11) is 1.97. The van der Waals surface area contributed by atoms with Crippen LogP contribution in [0.2, 0.25) is 0 Å². The molecule has 1 aromatic rings. The number of nitrogens with one attached hydrogen (secondary N) is 1. The summed E-state index contributed by atoms with van der Waals surface area (Å²) < 4.78 is 0. The predicted octanol–water partition coefficient (Wildman–Crippen LogP) is 6.85. The molecule has 1 saturated carbocycles. The van der Waals surface area contributed by atoms with Gasteiger partial charge in [0, 0.05) is 18.3 Å². The fourth-order valence-corrected chi connectivity index (χ4v) is 4.43. The third kappa shape index (κ3) is 5.36. The van der Waals surface area contributed by atoms with E-state index in [0.717, 1.165) is 17.5 Å². The molecule has 1 fully saturated rings. The van der Waals surface area contributed by atoms with Crippen LogP contribution in [-0.4, -0.2) is 7.05 Å². The van der Waals surface area contributed by atoms with Gasteiger partial charge >= 0.3 is 0 Å². The number of hydrogen-bond donors (Lipinski definition) is 1. The Labute approximate surface area is 156 Å². The summed E-state index contributed by atoms with van der Waals surface area (Å²) in [4.78, 5) is 0. The highest BCUT2D eigenvalue weighted by atomic mass is 14.8. The normalized spacial score (nSPS) is 15.9. The zero-order chi connectivity index (χ0) is 18.6. The van der Waals surface area contributed by atoms with E-state index >= 15 is 0 Å². The summed E-state index contributed by atoms with van der Waals surface area (Å²) in [5.41, 5.74) is 7.37. The molecule has 0 amide bonds. The van der Waals surface area contributed by atoms with Crippen LogP contribution in [0.1, 0.15) is 94.4 Å². The number of hydrogen-bond acceptors (Lipinski definition) is 1. The lowest BCUT2D eigenvalue weighted by Crippen LogP contribution is -2.19. The van der Waals surface area contributed by atoms with E-state index in [1.54, 1.807) is 11.1 Å². The molecule has 1 atom stereocenters. The smallest absolute Gasteiger partial charge is 0.0340 e. The van der Waals surface area contributed by atoms with Gasteiger partial charge in [0.25, 0.3) is 0 Å². The van der Waals surface area contributed by atoms with Crippen molar-refractivity contribution in [1.29, 1.82) is 0 Å². The topological polar surface area (TPSA) is 12.0 Å². The standard InChI is InChI=1S/C24H39N/c1-8-12-24(5,6)16-19(9-2)14-21-13-17(3)22(18(4)25-7)15-23(21)20-10-11-20/h13,15,19-20,25H,4,8-12,14,16H2,1-3,5-7H3. The number of aryl methyl sites for hydroxylation is 1. The van der Waals surface area contributed by atoms with Crippen molar-refractivity contribution in [2.24, 2.45) is 11.3 Å². The second-order valence-corrected chi connectivity index (χ2v) is 8.97. The van der Waals surface area contributed by atoms with Gasteiger partial charge < -0.3 is 5.32 Å². The first-order valence-electron chi connectivity index (χ1n) is 10.3. The first-order chi connectivity index (χ1) is 11.8. The summed E-state index contributed by atoms with van der Waals surface area (Å²) in [6.45, 7) is 16.0. The molecule has 1 N–H and O–H groups in total. The van der Waals surface area contributed by atoms with Crippen LogP contribution in [0.3, 0.4) is 0 Å². The van der Waals surface area contributed by atoms with E-state index < -0.39 is 0 Å². The third-order valence-corrected chi connectivity index (χ3v) is 5.98. The molecule has 2 rings (SSSR count). The minimum Gasteiger partial charge on any atom is -0.388 e. The van der Waals surface area contributed by atoms with Crippen LogP contribution in [-0.2, 0) is 6.42 Å². The number of benzene rings is 1. The first-order valence-corrected chi connectivity index (χ1v) is 10.3. The van der Waals surface area contributed by atoms with Gasteiger partial charge in [-0.15, -0.1) is 0 Å². The molecule has 0 spiro atoms. The monoisotopic (exact) mass is 341 g/mol. The Morgan fingerprint density at radius 2 is 1.96 bits per heavy atom. The van der Waals surface area contributed by atoms with Crippen molar-refractivity contribution >= 4 is 5.70 Å². The predicted molar refractivity (Wildman–Crippen MR) is 112 cm³/mol. The molecule has 1 heteroatoms. The Bertz CT molecular complexity index is 592. The van der Waals surface area contributed by atoms with Crippen molar-refractivity contribution in [2.75, 3.05) is 7.05 Å². The maximum Gasteiger partial charge on any atom is 0.0340 e. The van der Waals surface area contributed by atoms with Crippen LogP contribution in [0, 0.1) is 18.3 Å². The van der Waals surface area contributed by atoms with Gasteiger partial charge in [-0.25, -0.2) is 0 Å². The highest BCUT2D eigenvalue weighted by Crippen LogP contribution is 2.44. The van der Waals surface area contributed by atoms with Crippen LogP contribution in [0.4, 0.5) is 0 Å². The van der Waals surface area contributed by atoms with Crippen molar-refractivity contribution in [3.8, 4) is 0 Å². The van der Waals surface area contributed by atoms with Crippen LogP contribution in [0.5, 0.6) is 0 Å². The molecule has 1 nitrogen and oxygen atoms in total. The van der Waals surface area contributed by atoms with Gasteiger partial charge in [-0.05, 0) is 79.0 Å². The van der Waals surface area contributed by atoms with Gasteiger partial charge in [-0.2, -0.15) is 0 Å². The lowest BCUT2D eigenvalue weighted by molar-refractivity contribution is 0.239. The molecule has 0 radical (unpaired) electrons. The van der Waals surface area contributed by atoms with E-state index in [1.807, 2.05) is 7.05 Å². The van der Waals surface area contributed by atoms with Gasteiger partial charge in [0.05, 0.1) is 0 Å². The summed E-state index contributed by atoms with van der Waals surface area (Å²) >= 11 is 0. The van der Waals surface area contributed by atoms with Crippen molar-refractivity contribution in [3.05, 3.63) is 41.0 Å². The molecule has 1 aromatic carbocycles. The second kappa shape index (κ2) is 8.43. The molecule has 0 saturated heterocycles. The maximum absolute atomic E-state index is 4.19. The van der Waals surface area contributed by atoms with Crippen LogP contribution < -0.4 is 5.32 Å². The molecule has 0 aliphatic heterocycles. The zero-order valence-corrected chi connectivity index (χ0v) is 17.5. The van der Waals surface area contributed by atoms with Crippen LogP contribution in [0.15, 0.2) is 18.7 Å². The molecule has 1 aliphatic rings. The Balaban J connectivity index is 2.25. The highest BCUT2D eigenvalue weighted by molar-refractivity contribution is 5.66. The van der Waals surface area contributed by atoms with Crippen molar-refractivity contribution in [2.45, 2.75) is 85.5 Å². The molecule has 140 valence electrons. The number of rotatable bonds is 10. The van der Waals surface area contributed by atoms with E-state index in [1.165, 1.54) is 56.1 Å². The average Bonchev–Trinajstić information content (AvgIpc) is 3.38. The Morgan fingerprint density at radius 1 is 1.28 bits per heavy atom. The summed E-state index contributed by atoms with van der Waals surface area (Å²) in [5, 5.41) is 3.23. The second-order valence-electron chi connectivity index (χ2n) is 8.97. The van der Waals surface area contributed by atoms with E-state index in [-0.39, 0.29) is 0 Å². The van der Waals surface area contributed by atoms with Crippen LogP contribution >= 0.6 is 0 Å². The fourth-order valence-electron chi connectivity index (χ4n) is 4.43. The van der Waals surface area contributed by atoms with Gasteiger partial charge in [0.2, 0.25) is 0 Å². The molecule has 0 aromatic heterocycles. The van der Waals surface area contributed by atoms with Crippen LogP contribution in [0.25, 0.3) is 5.70 Å². The van der Waals surface area contributed by atoms with Crippen molar-refractivity contribution < 1.29 is 0 Å². The van der Waals surface area contributed by atoms with E-state index in [0.29, 0.717) is 5.41 Å². The quantitative estimate of drug-likeness (QED) is 0.491. The summed E-state index contributed by atoms with van der Waals surface area (Å²) in [6, 6.07) is 4.89.